The number of fused-ring (bicyclic) bond motifs is 6. The Morgan fingerprint density at radius 3 is 1.36 bits per heavy atom. The van der Waals surface area contributed by atoms with E-state index < -0.39 is 0 Å². The lowest BCUT2D eigenvalue weighted by atomic mass is 9.94. The van der Waals surface area contributed by atoms with Crippen LogP contribution in [0.25, 0.3) is 108 Å². The molecular weight excluding hydrogens is 723 g/mol. The second-order valence-electron chi connectivity index (χ2n) is 13.8. The molecule has 7 heteroatoms. The number of rotatable bonds is 6. The van der Waals surface area contributed by atoms with Crippen molar-refractivity contribution in [3.8, 4) is 67.5 Å². The van der Waals surface area contributed by atoms with E-state index in [1.54, 1.807) is 0 Å². The number of thiophene rings is 2. The lowest BCUT2D eigenvalue weighted by Gasteiger charge is -2.13. The second kappa shape index (κ2) is 13.4. The molecule has 7 aromatic carbocycles. The molecule has 0 amide bonds. The van der Waals surface area contributed by atoms with Crippen molar-refractivity contribution in [2.24, 2.45) is 0 Å². The van der Waals surface area contributed by atoms with Gasteiger partial charge in [-0.3, -0.25) is 0 Å². The van der Waals surface area contributed by atoms with Crippen molar-refractivity contribution in [3.05, 3.63) is 176 Å². The normalized spacial score (nSPS) is 11.6. The van der Waals surface area contributed by atoms with E-state index in [0.29, 0.717) is 11.6 Å². The van der Waals surface area contributed by atoms with Crippen molar-refractivity contribution >= 4 is 63.0 Å². The summed E-state index contributed by atoms with van der Waals surface area (Å²) in [7, 11) is 0. The van der Waals surface area contributed by atoms with Gasteiger partial charge < -0.3 is 0 Å². The van der Waals surface area contributed by atoms with Crippen LogP contribution in [0.5, 0.6) is 0 Å². The van der Waals surface area contributed by atoms with Crippen LogP contribution in [0, 0.1) is 0 Å². The maximum absolute atomic E-state index is 5.29. The SMILES string of the molecule is c1ccc(-c2cc(-c3ccc(-c4ncncn4)cc3)nc(-c3cc(-c4ccc5sc6ccccc6c5c4)cc(-c4ccc5sc6ccccc6c5c4)c3)n2)cc1. The average Bonchev–Trinajstić information content (AvgIpc) is 3.84. The summed E-state index contributed by atoms with van der Waals surface area (Å²) in [6.45, 7) is 0. The van der Waals surface area contributed by atoms with E-state index in [1.807, 2.05) is 53.0 Å². The van der Waals surface area contributed by atoms with Crippen LogP contribution in [0.15, 0.2) is 176 Å². The van der Waals surface area contributed by atoms with Gasteiger partial charge in [-0.25, -0.2) is 24.9 Å². The van der Waals surface area contributed by atoms with Crippen LogP contribution in [0.1, 0.15) is 0 Å². The van der Waals surface area contributed by atoms with E-state index in [4.69, 9.17) is 9.97 Å². The summed E-state index contributed by atoms with van der Waals surface area (Å²) in [6.07, 6.45) is 3.03. The predicted octanol–water partition coefficient (Wildman–Crippen LogP) is 13.4. The summed E-state index contributed by atoms with van der Waals surface area (Å²) in [5.41, 5.74) is 10.1. The molecule has 0 saturated carbocycles. The molecule has 4 aromatic heterocycles. The van der Waals surface area contributed by atoms with Crippen molar-refractivity contribution in [2.45, 2.75) is 0 Å². The molecule has 0 radical (unpaired) electrons. The van der Waals surface area contributed by atoms with Crippen molar-refractivity contribution in [1.82, 2.24) is 24.9 Å². The van der Waals surface area contributed by atoms with Gasteiger partial charge in [0, 0.05) is 62.6 Å². The molecule has 0 N–H and O–H groups in total. The number of nitrogens with zero attached hydrogens (tertiary/aromatic N) is 5. The van der Waals surface area contributed by atoms with Crippen molar-refractivity contribution < 1.29 is 0 Å². The Hall–Kier alpha value is -6.93. The Kier molecular flexibility index (Phi) is 7.79. The average molecular weight is 752 g/mol. The third-order valence-corrected chi connectivity index (χ3v) is 12.6. The summed E-state index contributed by atoms with van der Waals surface area (Å²) >= 11 is 3.68. The minimum atomic E-state index is 0.631. The molecular formula is C49H29N5S2. The topological polar surface area (TPSA) is 64.5 Å². The fourth-order valence-electron chi connectivity index (χ4n) is 7.56. The molecule has 0 fully saturated rings. The van der Waals surface area contributed by atoms with Crippen LogP contribution in [-0.2, 0) is 0 Å². The van der Waals surface area contributed by atoms with Crippen molar-refractivity contribution in [2.75, 3.05) is 0 Å². The molecule has 4 heterocycles. The molecule has 262 valence electrons. The highest BCUT2D eigenvalue weighted by Crippen LogP contribution is 2.41. The third-order valence-electron chi connectivity index (χ3n) is 10.3. The maximum Gasteiger partial charge on any atom is 0.162 e. The smallest absolute Gasteiger partial charge is 0.162 e. The summed E-state index contributed by atoms with van der Waals surface area (Å²) in [4.78, 5) is 23.2. The zero-order chi connectivity index (χ0) is 37.0. The lowest BCUT2D eigenvalue weighted by Crippen LogP contribution is -1.97. The third kappa shape index (κ3) is 5.82. The van der Waals surface area contributed by atoms with Gasteiger partial charge in [0.25, 0.3) is 0 Å². The summed E-state index contributed by atoms with van der Waals surface area (Å²) in [5, 5.41) is 5.11. The molecule has 0 aliphatic heterocycles. The largest absolute Gasteiger partial charge is 0.228 e. The number of hydrogen-bond acceptors (Lipinski definition) is 7. The van der Waals surface area contributed by atoms with Gasteiger partial charge in [-0.1, -0.05) is 103 Å². The minimum Gasteiger partial charge on any atom is -0.228 e. The fraction of sp³-hybridized carbons (Fsp3) is 0. The molecule has 56 heavy (non-hydrogen) atoms. The first-order valence-corrected chi connectivity index (χ1v) is 20.0. The zero-order valence-electron chi connectivity index (χ0n) is 29.8. The van der Waals surface area contributed by atoms with Crippen LogP contribution in [0.4, 0.5) is 0 Å². The standard InChI is InChI=1S/C49H29N5S2/c1-2-8-30(9-3-1)42-27-43(31-14-16-32(17-15-31)48-51-28-50-29-52-48)54-49(53-42)37-23-35(33-18-20-46-40(25-33)38-10-4-6-12-44(38)55-46)22-36(24-37)34-19-21-47-41(26-34)39-11-5-7-13-45(39)56-47/h1-29H. The van der Waals surface area contributed by atoms with E-state index in [1.165, 1.54) is 53.0 Å². The molecule has 0 spiro atoms. The first-order chi connectivity index (χ1) is 27.7. The van der Waals surface area contributed by atoms with Gasteiger partial charge >= 0.3 is 0 Å². The summed E-state index contributed by atoms with van der Waals surface area (Å²) < 4.78 is 5.16. The Balaban J connectivity index is 1.11. The first-order valence-electron chi connectivity index (χ1n) is 18.4. The Morgan fingerprint density at radius 1 is 0.304 bits per heavy atom. The van der Waals surface area contributed by atoms with Crippen LogP contribution in [0.2, 0.25) is 0 Å². The lowest BCUT2D eigenvalue weighted by molar-refractivity contribution is 1.06. The molecule has 5 nitrogen and oxygen atoms in total. The predicted molar refractivity (Wildman–Crippen MR) is 234 cm³/mol. The highest BCUT2D eigenvalue weighted by molar-refractivity contribution is 7.26. The molecule has 0 aliphatic carbocycles. The Morgan fingerprint density at radius 2 is 0.768 bits per heavy atom. The summed E-state index contributed by atoms with van der Waals surface area (Å²) in [5.74, 6) is 1.29. The van der Waals surface area contributed by atoms with Gasteiger partial charge in [-0.15, -0.1) is 22.7 Å². The summed E-state index contributed by atoms with van der Waals surface area (Å²) in [6, 6.07) is 58.4. The quantitative estimate of drug-likeness (QED) is 0.169. The highest BCUT2D eigenvalue weighted by atomic mass is 32.1. The zero-order valence-corrected chi connectivity index (χ0v) is 31.4. The van der Waals surface area contributed by atoms with Crippen LogP contribution >= 0.6 is 22.7 Å². The van der Waals surface area contributed by atoms with Gasteiger partial charge in [0.2, 0.25) is 0 Å². The van der Waals surface area contributed by atoms with E-state index >= 15 is 0 Å². The van der Waals surface area contributed by atoms with E-state index in [0.717, 1.165) is 55.9 Å². The number of hydrogen-bond donors (Lipinski definition) is 0. The maximum atomic E-state index is 5.29. The van der Waals surface area contributed by atoms with Crippen molar-refractivity contribution in [1.29, 1.82) is 0 Å². The van der Waals surface area contributed by atoms with E-state index in [2.05, 4.69) is 148 Å². The second-order valence-corrected chi connectivity index (χ2v) is 16.0. The van der Waals surface area contributed by atoms with E-state index in [-0.39, 0.29) is 0 Å². The minimum absolute atomic E-state index is 0.631. The Bertz CT molecular complexity index is 3110. The monoisotopic (exact) mass is 751 g/mol. The number of aromatic nitrogens is 5. The van der Waals surface area contributed by atoms with E-state index in [9.17, 15) is 0 Å². The number of benzene rings is 7. The highest BCUT2D eigenvalue weighted by Gasteiger charge is 2.16. The molecule has 0 atom stereocenters. The van der Waals surface area contributed by atoms with Gasteiger partial charge in [0.05, 0.1) is 11.4 Å². The molecule has 11 rings (SSSR count). The molecule has 0 unspecified atom stereocenters. The fourth-order valence-corrected chi connectivity index (χ4v) is 9.73. The molecule has 0 bridgehead atoms. The van der Waals surface area contributed by atoms with Crippen LogP contribution < -0.4 is 0 Å². The molecule has 0 saturated heterocycles. The van der Waals surface area contributed by atoms with Gasteiger partial charge in [0.1, 0.15) is 12.7 Å². The van der Waals surface area contributed by atoms with Crippen molar-refractivity contribution in [3.63, 3.8) is 0 Å². The Labute approximate surface area is 330 Å². The van der Waals surface area contributed by atoms with Crippen LogP contribution in [-0.4, -0.2) is 24.9 Å². The molecule has 0 aliphatic rings. The van der Waals surface area contributed by atoms with Crippen LogP contribution in [0.3, 0.4) is 0 Å². The van der Waals surface area contributed by atoms with Gasteiger partial charge in [0.15, 0.2) is 11.6 Å². The van der Waals surface area contributed by atoms with Gasteiger partial charge in [-0.2, -0.15) is 0 Å². The molecule has 11 aromatic rings. The van der Waals surface area contributed by atoms with Gasteiger partial charge in [-0.05, 0) is 82.9 Å². The first kappa shape index (κ1) is 32.5.